The van der Waals surface area contributed by atoms with Crippen molar-refractivity contribution in [2.24, 2.45) is 0 Å². The zero-order valence-electron chi connectivity index (χ0n) is 22.0. The van der Waals surface area contributed by atoms with Crippen molar-refractivity contribution in [1.29, 1.82) is 0 Å². The van der Waals surface area contributed by atoms with Gasteiger partial charge in [-0.15, -0.1) is 0 Å². The zero-order valence-corrected chi connectivity index (χ0v) is 22.0. The highest BCUT2D eigenvalue weighted by Gasteiger charge is 2.44. The zero-order chi connectivity index (χ0) is 26.6. The van der Waals surface area contributed by atoms with Crippen molar-refractivity contribution in [3.63, 3.8) is 0 Å². The van der Waals surface area contributed by atoms with Gasteiger partial charge in [-0.2, -0.15) is 5.10 Å². The van der Waals surface area contributed by atoms with Crippen LogP contribution in [0.1, 0.15) is 43.6 Å². The Hall–Kier alpha value is -4.11. The predicted octanol–water partition coefficient (Wildman–Crippen LogP) is 4.73. The third-order valence-corrected chi connectivity index (χ3v) is 6.47. The minimum Gasteiger partial charge on any atom is -0.338 e. The topological polar surface area (TPSA) is 105 Å². The number of nitrogens with zero attached hydrogens (tertiary/aromatic N) is 3. The van der Waals surface area contributed by atoms with Gasteiger partial charge < -0.3 is 25.8 Å². The van der Waals surface area contributed by atoms with Crippen LogP contribution in [0.2, 0.25) is 0 Å². The van der Waals surface area contributed by atoms with Gasteiger partial charge in [0.25, 0.3) is 0 Å². The van der Waals surface area contributed by atoms with Crippen LogP contribution in [0.4, 0.5) is 22.0 Å². The first-order valence-corrected chi connectivity index (χ1v) is 12.4. The summed E-state index contributed by atoms with van der Waals surface area (Å²) in [6, 6.07) is 17.2. The Bertz CT molecular complexity index is 1280. The molecule has 0 spiro atoms. The van der Waals surface area contributed by atoms with Crippen LogP contribution in [-0.2, 0) is 16.9 Å². The van der Waals surface area contributed by atoms with E-state index in [2.05, 4.69) is 31.0 Å². The summed E-state index contributed by atoms with van der Waals surface area (Å²) < 4.78 is 0. The number of H-pyrrole nitrogens is 1. The average molecular weight is 502 g/mol. The molecule has 3 aromatic rings. The smallest absolute Gasteiger partial charge is 0.319 e. The van der Waals surface area contributed by atoms with Gasteiger partial charge in [0.15, 0.2) is 5.82 Å². The van der Waals surface area contributed by atoms with E-state index in [1.807, 2.05) is 87.4 Å². The molecule has 9 heteroatoms. The average Bonchev–Trinajstić information content (AvgIpc) is 3.37. The molecule has 0 saturated heterocycles. The number of aromatic amines is 1. The van der Waals surface area contributed by atoms with Crippen LogP contribution >= 0.6 is 0 Å². The number of fused-ring (bicyclic) bond motifs is 1. The molecule has 0 aliphatic carbocycles. The number of amides is 3. The standard InChI is InChI=1S/C28H35N7O2/c1-6-11-24(36)29-20-14-10-15-21(16-20)30-26-22-17-35(28(2,3)25(22)32-33-26)27(37)31-23(18-34(4)5)19-12-8-7-9-13-19/h6-16,23H,17-18H2,1-5H3,(H,29,36)(H,31,37)(H2,30,32,33)/b11-6+/t23-/m1/s1. The number of anilines is 3. The van der Waals surface area contributed by atoms with E-state index in [-0.39, 0.29) is 18.0 Å². The number of allylic oxidation sites excluding steroid dienone is 1. The summed E-state index contributed by atoms with van der Waals surface area (Å²) in [5, 5.41) is 17.0. The van der Waals surface area contributed by atoms with Crippen LogP contribution in [0.3, 0.4) is 0 Å². The van der Waals surface area contributed by atoms with Gasteiger partial charge in [0.05, 0.1) is 23.8 Å². The Morgan fingerprint density at radius 1 is 1.14 bits per heavy atom. The van der Waals surface area contributed by atoms with E-state index in [9.17, 15) is 9.59 Å². The Labute approximate surface area is 217 Å². The maximum atomic E-state index is 13.6. The Morgan fingerprint density at radius 2 is 1.86 bits per heavy atom. The fraction of sp³-hybridized carbons (Fsp3) is 0.321. The Kier molecular flexibility index (Phi) is 7.63. The van der Waals surface area contributed by atoms with Crippen molar-refractivity contribution in [3.8, 4) is 0 Å². The van der Waals surface area contributed by atoms with E-state index in [0.29, 0.717) is 24.6 Å². The number of carbonyl (C=O) groups excluding carboxylic acids is 2. The number of carbonyl (C=O) groups is 2. The van der Waals surface area contributed by atoms with Gasteiger partial charge in [-0.3, -0.25) is 9.89 Å². The van der Waals surface area contributed by atoms with E-state index in [1.165, 1.54) is 6.08 Å². The van der Waals surface area contributed by atoms with Crippen molar-refractivity contribution in [2.75, 3.05) is 31.3 Å². The van der Waals surface area contributed by atoms with E-state index < -0.39 is 5.54 Å². The van der Waals surface area contributed by atoms with Crippen LogP contribution in [0.5, 0.6) is 0 Å². The number of hydrogen-bond acceptors (Lipinski definition) is 5. The summed E-state index contributed by atoms with van der Waals surface area (Å²) in [4.78, 5) is 29.4. The number of likely N-dealkylation sites (N-methyl/N-ethyl adjacent to an activating group) is 1. The number of hydrogen-bond donors (Lipinski definition) is 4. The van der Waals surface area contributed by atoms with Gasteiger partial charge in [-0.25, -0.2) is 4.79 Å². The molecule has 0 radical (unpaired) electrons. The van der Waals surface area contributed by atoms with Crippen LogP contribution in [0.25, 0.3) is 0 Å². The molecular weight excluding hydrogens is 466 g/mol. The van der Waals surface area contributed by atoms with Gasteiger partial charge in [0, 0.05) is 23.5 Å². The lowest BCUT2D eigenvalue weighted by Gasteiger charge is -2.34. The number of urea groups is 1. The van der Waals surface area contributed by atoms with Gasteiger partial charge >= 0.3 is 6.03 Å². The molecule has 194 valence electrons. The van der Waals surface area contributed by atoms with Crippen molar-refractivity contribution >= 4 is 29.1 Å². The second kappa shape index (κ2) is 10.9. The minimum absolute atomic E-state index is 0.134. The van der Waals surface area contributed by atoms with Gasteiger partial charge in [-0.1, -0.05) is 42.5 Å². The van der Waals surface area contributed by atoms with Crippen molar-refractivity contribution in [1.82, 2.24) is 25.3 Å². The minimum atomic E-state index is -0.575. The second-order valence-corrected chi connectivity index (χ2v) is 9.94. The van der Waals surface area contributed by atoms with Crippen LogP contribution in [0, 0.1) is 0 Å². The molecule has 4 N–H and O–H groups in total. The quantitative estimate of drug-likeness (QED) is 0.334. The first-order chi connectivity index (χ1) is 17.7. The van der Waals surface area contributed by atoms with Crippen LogP contribution in [-0.4, -0.2) is 52.6 Å². The molecule has 37 heavy (non-hydrogen) atoms. The number of aromatic nitrogens is 2. The fourth-order valence-corrected chi connectivity index (χ4v) is 4.60. The molecule has 0 saturated carbocycles. The summed E-state index contributed by atoms with van der Waals surface area (Å²) in [6.07, 6.45) is 3.17. The highest BCUT2D eigenvalue weighted by atomic mass is 16.2. The SMILES string of the molecule is C/C=C/C(=O)Nc1cccc(Nc2n[nH]c3c2CN(C(=O)N[C@H](CN(C)C)c2ccccc2)C3(C)C)c1. The van der Waals surface area contributed by atoms with Crippen LogP contribution in [0.15, 0.2) is 66.7 Å². The third kappa shape index (κ3) is 5.83. The number of rotatable bonds is 8. The highest BCUT2D eigenvalue weighted by Crippen LogP contribution is 2.41. The number of benzene rings is 2. The molecule has 3 amide bonds. The van der Waals surface area contributed by atoms with E-state index >= 15 is 0 Å². The Morgan fingerprint density at radius 3 is 2.57 bits per heavy atom. The van der Waals surface area contributed by atoms with Gasteiger partial charge in [0.1, 0.15) is 0 Å². The largest absolute Gasteiger partial charge is 0.338 e. The maximum Gasteiger partial charge on any atom is 0.319 e. The molecule has 2 aromatic carbocycles. The molecule has 1 aromatic heterocycles. The van der Waals surface area contributed by atoms with Gasteiger partial charge in [-0.05, 0) is 64.7 Å². The second-order valence-electron chi connectivity index (χ2n) is 9.94. The molecule has 0 fully saturated rings. The summed E-state index contributed by atoms with van der Waals surface area (Å²) >= 11 is 0. The molecular formula is C28H35N7O2. The molecule has 0 bridgehead atoms. The van der Waals surface area contributed by atoms with Crippen molar-refractivity contribution in [2.45, 2.75) is 38.9 Å². The first kappa shape index (κ1) is 26.0. The van der Waals surface area contributed by atoms with Crippen LogP contribution < -0.4 is 16.0 Å². The lowest BCUT2D eigenvalue weighted by atomic mass is 10.0. The molecule has 1 aliphatic rings. The normalized spacial score (nSPS) is 15.0. The molecule has 0 unspecified atom stereocenters. The molecule has 1 aliphatic heterocycles. The summed E-state index contributed by atoms with van der Waals surface area (Å²) in [6.45, 7) is 6.92. The molecule has 2 heterocycles. The lowest BCUT2D eigenvalue weighted by Crippen LogP contribution is -2.48. The molecule has 4 rings (SSSR count). The summed E-state index contributed by atoms with van der Waals surface area (Å²) in [5.41, 5.74) is 3.77. The van der Waals surface area contributed by atoms with E-state index in [1.54, 1.807) is 13.0 Å². The monoisotopic (exact) mass is 501 g/mol. The van der Waals surface area contributed by atoms with Crippen molar-refractivity contribution < 1.29 is 9.59 Å². The Balaban J connectivity index is 1.51. The fourth-order valence-electron chi connectivity index (χ4n) is 4.60. The van der Waals surface area contributed by atoms with E-state index in [4.69, 9.17) is 0 Å². The summed E-state index contributed by atoms with van der Waals surface area (Å²) in [5.74, 6) is 0.468. The van der Waals surface area contributed by atoms with Gasteiger partial charge in [0.2, 0.25) is 5.91 Å². The molecule has 9 nitrogen and oxygen atoms in total. The maximum absolute atomic E-state index is 13.6. The van der Waals surface area contributed by atoms with Crippen molar-refractivity contribution in [3.05, 3.63) is 83.6 Å². The highest BCUT2D eigenvalue weighted by molar-refractivity contribution is 5.99. The number of nitrogens with one attached hydrogen (secondary N) is 4. The molecule has 1 atom stereocenters. The predicted molar refractivity (Wildman–Crippen MR) is 147 cm³/mol. The summed E-state index contributed by atoms with van der Waals surface area (Å²) in [7, 11) is 3.99. The van der Waals surface area contributed by atoms with E-state index in [0.717, 1.165) is 22.5 Å². The first-order valence-electron chi connectivity index (χ1n) is 12.4. The third-order valence-electron chi connectivity index (χ3n) is 6.47. The lowest BCUT2D eigenvalue weighted by molar-refractivity contribution is -0.111.